The highest BCUT2D eigenvalue weighted by atomic mass is 32.2. The van der Waals surface area contributed by atoms with E-state index in [0.717, 1.165) is 18.4 Å². The van der Waals surface area contributed by atoms with Crippen LogP contribution in [0, 0.1) is 0 Å². The van der Waals surface area contributed by atoms with Crippen molar-refractivity contribution in [2.75, 3.05) is 26.3 Å². The van der Waals surface area contributed by atoms with E-state index in [4.69, 9.17) is 4.74 Å². The number of aryl methyl sites for hydroxylation is 1. The SMILES string of the molecule is O=C(NS(=O)(=O)N1CCOCC1)[C@@H]1CCCc2sccc21. The van der Waals surface area contributed by atoms with Gasteiger partial charge >= 0.3 is 10.2 Å². The quantitative estimate of drug-likeness (QED) is 0.892. The molecule has 1 N–H and O–H groups in total. The molecule has 1 aliphatic carbocycles. The molecule has 6 nitrogen and oxygen atoms in total. The van der Waals surface area contributed by atoms with Gasteiger partial charge in [-0.2, -0.15) is 12.7 Å². The van der Waals surface area contributed by atoms with E-state index in [1.165, 1.54) is 9.18 Å². The number of morpholine rings is 1. The Bertz CT molecular complexity index is 620. The first-order valence-corrected chi connectivity index (χ1v) is 9.35. The third-order valence-electron chi connectivity index (χ3n) is 3.91. The Balaban J connectivity index is 1.72. The number of thiophene rings is 1. The molecule has 0 aromatic carbocycles. The first kappa shape index (κ1) is 15.0. The average Bonchev–Trinajstić information content (AvgIpc) is 2.96. The maximum absolute atomic E-state index is 12.4. The van der Waals surface area contributed by atoms with E-state index >= 15 is 0 Å². The van der Waals surface area contributed by atoms with Crippen molar-refractivity contribution in [1.82, 2.24) is 9.03 Å². The number of rotatable bonds is 3. The molecule has 21 heavy (non-hydrogen) atoms. The van der Waals surface area contributed by atoms with Crippen LogP contribution >= 0.6 is 11.3 Å². The molecule has 1 fully saturated rings. The minimum absolute atomic E-state index is 0.289. The van der Waals surface area contributed by atoms with Crippen molar-refractivity contribution < 1.29 is 17.9 Å². The summed E-state index contributed by atoms with van der Waals surface area (Å²) in [5.41, 5.74) is 0.987. The molecule has 1 aromatic heterocycles. The van der Waals surface area contributed by atoms with E-state index in [1.54, 1.807) is 11.3 Å². The van der Waals surface area contributed by atoms with E-state index in [0.29, 0.717) is 19.6 Å². The van der Waals surface area contributed by atoms with Crippen LogP contribution in [0.2, 0.25) is 0 Å². The minimum Gasteiger partial charge on any atom is -0.379 e. The summed E-state index contributed by atoms with van der Waals surface area (Å²) in [6.07, 6.45) is 2.60. The summed E-state index contributed by atoms with van der Waals surface area (Å²) in [7, 11) is -3.76. The molecule has 3 rings (SSSR count). The smallest absolute Gasteiger partial charge is 0.303 e. The van der Waals surface area contributed by atoms with Crippen LogP contribution in [-0.2, 0) is 26.2 Å². The van der Waals surface area contributed by atoms with Gasteiger partial charge in [-0.25, -0.2) is 4.72 Å². The van der Waals surface area contributed by atoms with Crippen molar-refractivity contribution in [1.29, 1.82) is 0 Å². The molecule has 2 heterocycles. The second-order valence-electron chi connectivity index (χ2n) is 5.23. The largest absolute Gasteiger partial charge is 0.379 e. The van der Waals surface area contributed by atoms with Crippen LogP contribution in [-0.4, -0.2) is 44.9 Å². The fourth-order valence-electron chi connectivity index (χ4n) is 2.81. The maximum atomic E-state index is 12.4. The summed E-state index contributed by atoms with van der Waals surface area (Å²) in [5, 5.41) is 1.97. The number of hydrogen-bond donors (Lipinski definition) is 1. The molecular weight excluding hydrogens is 312 g/mol. The van der Waals surface area contributed by atoms with Crippen LogP contribution < -0.4 is 4.72 Å². The summed E-state index contributed by atoms with van der Waals surface area (Å²) in [6, 6.07) is 1.94. The van der Waals surface area contributed by atoms with Gasteiger partial charge in [0.25, 0.3) is 0 Å². The van der Waals surface area contributed by atoms with Gasteiger partial charge in [0, 0.05) is 18.0 Å². The second-order valence-corrected chi connectivity index (χ2v) is 7.90. The van der Waals surface area contributed by atoms with Gasteiger partial charge in [-0.3, -0.25) is 4.79 Å². The average molecular weight is 330 g/mol. The molecule has 1 aromatic rings. The summed E-state index contributed by atoms with van der Waals surface area (Å²) >= 11 is 1.64. The zero-order valence-corrected chi connectivity index (χ0v) is 13.2. The van der Waals surface area contributed by atoms with Crippen LogP contribution in [0.5, 0.6) is 0 Å². The summed E-state index contributed by atoms with van der Waals surface area (Å²) in [4.78, 5) is 13.6. The van der Waals surface area contributed by atoms with Crippen molar-refractivity contribution >= 4 is 27.5 Å². The van der Waals surface area contributed by atoms with Gasteiger partial charge in [0.05, 0.1) is 19.1 Å². The lowest BCUT2D eigenvalue weighted by Gasteiger charge is -2.27. The second kappa shape index (κ2) is 6.04. The van der Waals surface area contributed by atoms with Gasteiger partial charge < -0.3 is 4.74 Å². The van der Waals surface area contributed by atoms with Crippen LogP contribution in [0.15, 0.2) is 11.4 Å². The molecule has 1 atom stereocenters. The number of carbonyl (C=O) groups is 1. The molecule has 0 unspecified atom stereocenters. The number of carbonyl (C=O) groups excluding carboxylic acids is 1. The van der Waals surface area contributed by atoms with Crippen molar-refractivity contribution in [2.45, 2.75) is 25.2 Å². The molecule has 116 valence electrons. The van der Waals surface area contributed by atoms with Crippen molar-refractivity contribution in [3.8, 4) is 0 Å². The fourth-order valence-corrected chi connectivity index (χ4v) is 4.95. The molecule has 0 bridgehead atoms. The molecule has 1 saturated heterocycles. The van der Waals surface area contributed by atoms with Crippen LogP contribution in [0.1, 0.15) is 29.2 Å². The Morgan fingerprint density at radius 3 is 2.90 bits per heavy atom. The summed E-state index contributed by atoms with van der Waals surface area (Å²) in [5.74, 6) is -0.767. The number of fused-ring (bicyclic) bond motifs is 1. The van der Waals surface area contributed by atoms with E-state index in [1.807, 2.05) is 11.4 Å². The standard InChI is InChI=1S/C13H18N2O4S2/c16-13(11-2-1-3-12-10(11)4-9-20-12)14-21(17,18)15-5-7-19-8-6-15/h4,9,11H,1-3,5-8H2,(H,14,16)/t11-/m1/s1. The van der Waals surface area contributed by atoms with Crippen molar-refractivity contribution in [3.63, 3.8) is 0 Å². The van der Waals surface area contributed by atoms with Crippen LogP contribution in [0.3, 0.4) is 0 Å². The Morgan fingerprint density at radius 1 is 1.38 bits per heavy atom. The van der Waals surface area contributed by atoms with Gasteiger partial charge in [-0.1, -0.05) is 0 Å². The monoisotopic (exact) mass is 330 g/mol. The number of amides is 1. The number of nitrogens with one attached hydrogen (secondary N) is 1. The lowest BCUT2D eigenvalue weighted by Crippen LogP contribution is -2.49. The molecule has 2 aliphatic rings. The number of ether oxygens (including phenoxy) is 1. The molecule has 1 aliphatic heterocycles. The van der Waals surface area contributed by atoms with Crippen LogP contribution in [0.25, 0.3) is 0 Å². The maximum Gasteiger partial charge on any atom is 0.303 e. The van der Waals surface area contributed by atoms with E-state index < -0.39 is 16.1 Å². The van der Waals surface area contributed by atoms with E-state index in [9.17, 15) is 13.2 Å². The highest BCUT2D eigenvalue weighted by Crippen LogP contribution is 2.35. The fraction of sp³-hybridized carbons (Fsp3) is 0.615. The number of hydrogen-bond acceptors (Lipinski definition) is 5. The minimum atomic E-state index is -3.76. The van der Waals surface area contributed by atoms with Crippen molar-refractivity contribution in [2.24, 2.45) is 0 Å². The first-order valence-electron chi connectivity index (χ1n) is 7.03. The van der Waals surface area contributed by atoms with Crippen LogP contribution in [0.4, 0.5) is 0 Å². The zero-order valence-electron chi connectivity index (χ0n) is 11.6. The highest BCUT2D eigenvalue weighted by Gasteiger charge is 2.32. The lowest BCUT2D eigenvalue weighted by molar-refractivity contribution is -0.121. The zero-order chi connectivity index (χ0) is 14.9. The Kier molecular flexibility index (Phi) is 4.30. The first-order chi connectivity index (χ1) is 10.1. The molecule has 0 radical (unpaired) electrons. The van der Waals surface area contributed by atoms with Gasteiger partial charge in [-0.05, 0) is 36.3 Å². The Morgan fingerprint density at radius 2 is 2.14 bits per heavy atom. The van der Waals surface area contributed by atoms with Gasteiger partial charge in [0.15, 0.2) is 0 Å². The predicted molar refractivity (Wildman–Crippen MR) is 79.5 cm³/mol. The highest BCUT2D eigenvalue weighted by molar-refractivity contribution is 7.87. The molecule has 0 saturated carbocycles. The summed E-state index contributed by atoms with van der Waals surface area (Å²) < 4.78 is 33.1. The lowest BCUT2D eigenvalue weighted by atomic mass is 9.87. The third kappa shape index (κ3) is 3.13. The van der Waals surface area contributed by atoms with E-state index in [-0.39, 0.29) is 19.0 Å². The van der Waals surface area contributed by atoms with Crippen molar-refractivity contribution in [3.05, 3.63) is 21.9 Å². The van der Waals surface area contributed by atoms with Gasteiger partial charge in [0.2, 0.25) is 5.91 Å². The Hall–Kier alpha value is -0.960. The van der Waals surface area contributed by atoms with Gasteiger partial charge in [0.1, 0.15) is 0 Å². The summed E-state index contributed by atoms with van der Waals surface area (Å²) in [6.45, 7) is 1.31. The molecule has 1 amide bonds. The molecule has 8 heteroatoms. The van der Waals surface area contributed by atoms with E-state index in [2.05, 4.69) is 4.72 Å². The third-order valence-corrected chi connectivity index (χ3v) is 6.41. The topological polar surface area (TPSA) is 75.7 Å². The Labute approximate surface area is 128 Å². The number of nitrogens with zero attached hydrogens (tertiary/aromatic N) is 1. The molecule has 0 spiro atoms. The predicted octanol–water partition coefficient (Wildman–Crippen LogP) is 0.861. The normalized spacial score (nSPS) is 23.5. The molecular formula is C13H18N2O4S2. The van der Waals surface area contributed by atoms with Gasteiger partial charge in [-0.15, -0.1) is 11.3 Å².